The van der Waals surface area contributed by atoms with Crippen LogP contribution in [0.15, 0.2) is 70.4 Å². The number of hydrogen-bond donors (Lipinski definition) is 3. The molecule has 1 fully saturated rings. The molecule has 8 nitrogen and oxygen atoms in total. The Morgan fingerprint density at radius 3 is 2.41 bits per heavy atom. The zero-order valence-electron chi connectivity index (χ0n) is 18.7. The van der Waals surface area contributed by atoms with Gasteiger partial charge in [-0.15, -0.1) is 0 Å². The van der Waals surface area contributed by atoms with E-state index < -0.39 is 29.7 Å². The molecular weight excluding hydrogens is 434 g/mol. The van der Waals surface area contributed by atoms with Crippen molar-refractivity contribution < 1.29 is 14.6 Å². The van der Waals surface area contributed by atoms with Crippen LogP contribution in [0.25, 0.3) is 21.5 Å². The Morgan fingerprint density at radius 1 is 1.12 bits per heavy atom. The van der Waals surface area contributed by atoms with Crippen LogP contribution >= 0.6 is 0 Å². The molecule has 8 heteroatoms. The molecule has 1 saturated heterocycles. The standard InChI is InChI=1S/C26H25N3O5/c1-2-15-14-29(26(33)28-24(15)31)22-12-20(30)21(34-22)13-27-25(32)23-18-9-5-3-7-16(18)11-17-8-4-6-10-19(17)23/h3-11,14,20-22,30H,2,12-13H2,1H3,(H,27,32)(H,28,31,33)/t20-,21+,22+/m0/s1. The minimum atomic E-state index is -0.876. The summed E-state index contributed by atoms with van der Waals surface area (Å²) in [5.74, 6) is -0.262. The highest BCUT2D eigenvalue weighted by Gasteiger charge is 2.36. The maximum absolute atomic E-state index is 13.3. The van der Waals surface area contributed by atoms with Gasteiger partial charge in [0.25, 0.3) is 11.5 Å². The monoisotopic (exact) mass is 459 g/mol. The lowest BCUT2D eigenvalue weighted by Gasteiger charge is -2.18. The summed E-state index contributed by atoms with van der Waals surface area (Å²) in [6.07, 6.45) is -0.194. The number of fused-ring (bicyclic) bond motifs is 2. The van der Waals surface area contributed by atoms with Gasteiger partial charge >= 0.3 is 5.69 Å². The molecule has 3 atom stereocenters. The lowest BCUT2D eigenvalue weighted by atomic mass is 9.96. The number of nitrogens with one attached hydrogen (secondary N) is 2. The van der Waals surface area contributed by atoms with Gasteiger partial charge in [0.05, 0.1) is 11.7 Å². The SMILES string of the molecule is CCc1cn([C@H]2C[C@H](O)[C@@H](CNC(=O)c3c4ccccc4cc4ccccc34)O2)c(=O)[nH]c1=O. The Morgan fingerprint density at radius 2 is 1.76 bits per heavy atom. The summed E-state index contributed by atoms with van der Waals surface area (Å²) in [6, 6.07) is 17.5. The van der Waals surface area contributed by atoms with E-state index in [0.29, 0.717) is 17.5 Å². The molecule has 174 valence electrons. The van der Waals surface area contributed by atoms with E-state index in [0.717, 1.165) is 21.5 Å². The molecule has 1 aromatic heterocycles. The molecule has 3 aromatic carbocycles. The molecule has 0 aliphatic carbocycles. The summed E-state index contributed by atoms with van der Waals surface area (Å²) in [7, 11) is 0. The number of hydrogen-bond acceptors (Lipinski definition) is 5. The van der Waals surface area contributed by atoms with E-state index >= 15 is 0 Å². The third-order valence-electron chi connectivity index (χ3n) is 6.40. The van der Waals surface area contributed by atoms with Crippen molar-refractivity contribution in [2.45, 2.75) is 38.2 Å². The van der Waals surface area contributed by atoms with Gasteiger partial charge in [0.1, 0.15) is 12.3 Å². The third-order valence-corrected chi connectivity index (χ3v) is 6.40. The van der Waals surface area contributed by atoms with Crippen LogP contribution in [0.2, 0.25) is 0 Å². The second-order valence-corrected chi connectivity index (χ2v) is 8.51. The van der Waals surface area contributed by atoms with E-state index in [9.17, 15) is 19.5 Å². The number of ether oxygens (including phenoxy) is 1. The van der Waals surface area contributed by atoms with E-state index in [1.807, 2.05) is 55.5 Å². The van der Waals surface area contributed by atoms with Crippen molar-refractivity contribution >= 4 is 27.5 Å². The van der Waals surface area contributed by atoms with Crippen LogP contribution in [0.1, 0.15) is 35.5 Å². The minimum absolute atomic E-state index is 0.0762. The predicted octanol–water partition coefficient (Wildman–Crippen LogP) is 2.48. The van der Waals surface area contributed by atoms with Crippen LogP contribution in [0, 0.1) is 0 Å². The number of aromatic amines is 1. The molecule has 0 radical (unpaired) electrons. The summed E-state index contributed by atoms with van der Waals surface area (Å²) in [4.78, 5) is 39.8. The molecular formula is C26H25N3O5. The van der Waals surface area contributed by atoms with E-state index in [4.69, 9.17) is 4.74 Å². The first kappa shape index (κ1) is 22.1. The number of aromatic nitrogens is 2. The quantitative estimate of drug-likeness (QED) is 0.397. The average molecular weight is 460 g/mol. The average Bonchev–Trinajstić information content (AvgIpc) is 3.21. The molecule has 2 heterocycles. The zero-order chi connectivity index (χ0) is 23.8. The second-order valence-electron chi connectivity index (χ2n) is 8.51. The molecule has 4 aromatic rings. The van der Waals surface area contributed by atoms with Crippen LogP contribution in [-0.2, 0) is 11.2 Å². The fourth-order valence-electron chi connectivity index (χ4n) is 4.60. The maximum atomic E-state index is 13.3. The summed E-state index contributed by atoms with van der Waals surface area (Å²) in [5, 5.41) is 17.1. The Bertz CT molecular complexity index is 1450. The Labute approximate surface area is 194 Å². The van der Waals surface area contributed by atoms with Gasteiger partial charge in [0.15, 0.2) is 0 Å². The number of carbonyl (C=O) groups is 1. The number of rotatable bonds is 5. The highest BCUT2D eigenvalue weighted by atomic mass is 16.5. The van der Waals surface area contributed by atoms with Gasteiger partial charge < -0.3 is 15.2 Å². The lowest BCUT2D eigenvalue weighted by molar-refractivity contribution is -0.0187. The van der Waals surface area contributed by atoms with E-state index in [2.05, 4.69) is 16.4 Å². The number of aliphatic hydroxyl groups is 1. The summed E-state index contributed by atoms with van der Waals surface area (Å²) < 4.78 is 7.21. The van der Waals surface area contributed by atoms with Crippen molar-refractivity contribution in [1.82, 2.24) is 14.9 Å². The van der Waals surface area contributed by atoms with Crippen molar-refractivity contribution in [1.29, 1.82) is 0 Å². The number of amides is 1. The zero-order valence-corrected chi connectivity index (χ0v) is 18.7. The van der Waals surface area contributed by atoms with Gasteiger partial charge in [-0.25, -0.2) is 4.79 Å². The predicted molar refractivity (Wildman–Crippen MR) is 129 cm³/mol. The van der Waals surface area contributed by atoms with Crippen molar-refractivity contribution in [3.05, 3.63) is 92.8 Å². The fraction of sp³-hybridized carbons (Fsp3) is 0.269. The molecule has 0 bridgehead atoms. The first-order valence-electron chi connectivity index (χ1n) is 11.3. The molecule has 0 spiro atoms. The Hall–Kier alpha value is -3.75. The van der Waals surface area contributed by atoms with Crippen molar-refractivity contribution in [3.8, 4) is 0 Å². The summed E-state index contributed by atoms with van der Waals surface area (Å²) in [6.45, 7) is 1.89. The molecule has 1 aliphatic rings. The molecule has 3 N–H and O–H groups in total. The largest absolute Gasteiger partial charge is 0.390 e. The van der Waals surface area contributed by atoms with Gasteiger partial charge in [-0.1, -0.05) is 55.5 Å². The van der Waals surface area contributed by atoms with Crippen LogP contribution in [0.4, 0.5) is 0 Å². The molecule has 0 unspecified atom stereocenters. The normalized spacial score (nSPS) is 20.1. The molecule has 1 aliphatic heterocycles. The Kier molecular flexibility index (Phi) is 5.77. The van der Waals surface area contributed by atoms with E-state index in [1.165, 1.54) is 10.8 Å². The minimum Gasteiger partial charge on any atom is -0.390 e. The molecule has 34 heavy (non-hydrogen) atoms. The van der Waals surface area contributed by atoms with Crippen LogP contribution in [0.5, 0.6) is 0 Å². The van der Waals surface area contributed by atoms with Crippen molar-refractivity contribution in [3.63, 3.8) is 0 Å². The molecule has 1 amide bonds. The maximum Gasteiger partial charge on any atom is 0.330 e. The summed E-state index contributed by atoms with van der Waals surface area (Å²) >= 11 is 0. The van der Waals surface area contributed by atoms with Gasteiger partial charge in [0, 0.05) is 24.7 Å². The van der Waals surface area contributed by atoms with Gasteiger partial charge in [-0.3, -0.25) is 19.1 Å². The first-order chi connectivity index (χ1) is 16.5. The third kappa shape index (κ3) is 3.91. The molecule has 0 saturated carbocycles. The van der Waals surface area contributed by atoms with Gasteiger partial charge in [0.2, 0.25) is 0 Å². The van der Waals surface area contributed by atoms with Crippen LogP contribution in [-0.4, -0.2) is 39.3 Å². The number of nitrogens with zero attached hydrogens (tertiary/aromatic N) is 1. The van der Waals surface area contributed by atoms with E-state index in [1.54, 1.807) is 0 Å². The number of aryl methyl sites for hydroxylation is 1. The second kappa shape index (κ2) is 8.89. The van der Waals surface area contributed by atoms with Crippen molar-refractivity contribution in [2.24, 2.45) is 0 Å². The fourth-order valence-corrected chi connectivity index (χ4v) is 4.60. The van der Waals surface area contributed by atoms with E-state index in [-0.39, 0.29) is 18.9 Å². The number of H-pyrrole nitrogens is 1. The van der Waals surface area contributed by atoms with Crippen LogP contribution < -0.4 is 16.6 Å². The first-order valence-corrected chi connectivity index (χ1v) is 11.3. The highest BCUT2D eigenvalue weighted by molar-refractivity contribution is 6.18. The molecule has 5 rings (SSSR count). The summed E-state index contributed by atoms with van der Waals surface area (Å²) in [5.41, 5.74) is 0.0131. The smallest absolute Gasteiger partial charge is 0.330 e. The number of carbonyl (C=O) groups excluding carboxylic acids is 1. The number of benzene rings is 3. The van der Waals surface area contributed by atoms with Crippen LogP contribution in [0.3, 0.4) is 0 Å². The number of aliphatic hydroxyl groups excluding tert-OH is 1. The highest BCUT2D eigenvalue weighted by Crippen LogP contribution is 2.30. The van der Waals surface area contributed by atoms with Gasteiger partial charge in [-0.05, 0) is 34.0 Å². The van der Waals surface area contributed by atoms with Crippen molar-refractivity contribution in [2.75, 3.05) is 6.54 Å². The lowest BCUT2D eigenvalue weighted by Crippen LogP contribution is -2.37. The Balaban J connectivity index is 1.38. The van der Waals surface area contributed by atoms with Gasteiger partial charge in [-0.2, -0.15) is 0 Å². The topological polar surface area (TPSA) is 113 Å².